The molecular weight excluding hydrogens is 250 g/mol. The van der Waals surface area contributed by atoms with Gasteiger partial charge in [-0.25, -0.2) is 4.79 Å². The highest BCUT2D eigenvalue weighted by molar-refractivity contribution is 5.91. The van der Waals surface area contributed by atoms with Gasteiger partial charge in [0, 0.05) is 18.8 Å². The molecule has 4 nitrogen and oxygen atoms in total. The maximum absolute atomic E-state index is 12.0. The van der Waals surface area contributed by atoms with Gasteiger partial charge in [0.2, 0.25) is 0 Å². The lowest BCUT2D eigenvalue weighted by Crippen LogP contribution is -2.37. The molecule has 0 unspecified atom stereocenters. The summed E-state index contributed by atoms with van der Waals surface area (Å²) in [6.07, 6.45) is 0.913. The van der Waals surface area contributed by atoms with Gasteiger partial charge in [-0.2, -0.15) is 0 Å². The second-order valence-corrected chi connectivity index (χ2v) is 4.87. The third-order valence-electron chi connectivity index (χ3n) is 3.59. The lowest BCUT2D eigenvalue weighted by atomic mass is 10.1. The zero-order valence-corrected chi connectivity index (χ0v) is 13.1. The van der Waals surface area contributed by atoms with E-state index < -0.39 is 0 Å². The van der Waals surface area contributed by atoms with Gasteiger partial charge < -0.3 is 15.5 Å². The van der Waals surface area contributed by atoms with E-state index in [4.69, 9.17) is 0 Å². The molecule has 0 fully saturated rings. The Morgan fingerprint density at radius 1 is 1.20 bits per heavy atom. The molecule has 0 aliphatic rings. The molecule has 0 radical (unpaired) electrons. The minimum Gasteiger partial charge on any atom is -0.337 e. The standard InChI is InChI=1S/C16H27N3O/c1-5-14-10-8-9-13(4)15(14)18-16(20)17-11-12-19(6-2)7-3/h8-10H,5-7,11-12H2,1-4H3,(H2,17,18,20). The number of urea groups is 1. The number of anilines is 1. The van der Waals surface area contributed by atoms with Crippen LogP contribution in [0.25, 0.3) is 0 Å². The minimum atomic E-state index is -0.124. The van der Waals surface area contributed by atoms with Crippen molar-refractivity contribution in [1.82, 2.24) is 10.2 Å². The fourth-order valence-corrected chi connectivity index (χ4v) is 2.23. The second kappa shape index (κ2) is 8.59. The molecule has 1 aromatic rings. The predicted octanol–water partition coefficient (Wildman–Crippen LogP) is 3.02. The van der Waals surface area contributed by atoms with Crippen molar-refractivity contribution in [2.24, 2.45) is 0 Å². The van der Waals surface area contributed by atoms with E-state index in [1.54, 1.807) is 0 Å². The Labute approximate surface area is 122 Å². The number of carbonyl (C=O) groups is 1. The van der Waals surface area contributed by atoms with Crippen molar-refractivity contribution in [3.05, 3.63) is 29.3 Å². The summed E-state index contributed by atoms with van der Waals surface area (Å²) >= 11 is 0. The summed E-state index contributed by atoms with van der Waals surface area (Å²) in [5, 5.41) is 5.89. The Kier molecular flexibility index (Phi) is 7.09. The van der Waals surface area contributed by atoms with Crippen molar-refractivity contribution >= 4 is 11.7 Å². The number of aryl methyl sites for hydroxylation is 2. The van der Waals surface area contributed by atoms with E-state index in [-0.39, 0.29) is 6.03 Å². The molecule has 0 saturated heterocycles. The zero-order chi connectivity index (χ0) is 15.0. The Bertz CT molecular complexity index is 428. The first-order valence-corrected chi connectivity index (χ1v) is 7.48. The van der Waals surface area contributed by atoms with Gasteiger partial charge in [-0.15, -0.1) is 0 Å². The van der Waals surface area contributed by atoms with E-state index in [0.717, 1.165) is 37.3 Å². The Morgan fingerprint density at radius 3 is 2.50 bits per heavy atom. The van der Waals surface area contributed by atoms with Crippen LogP contribution >= 0.6 is 0 Å². The van der Waals surface area contributed by atoms with E-state index in [0.29, 0.717) is 6.54 Å². The van der Waals surface area contributed by atoms with Crippen molar-refractivity contribution < 1.29 is 4.79 Å². The van der Waals surface area contributed by atoms with Crippen LogP contribution in [-0.2, 0) is 6.42 Å². The number of para-hydroxylation sites is 1. The highest BCUT2D eigenvalue weighted by Crippen LogP contribution is 2.20. The largest absolute Gasteiger partial charge is 0.337 e. The molecule has 1 rings (SSSR count). The normalized spacial score (nSPS) is 10.7. The topological polar surface area (TPSA) is 44.4 Å². The predicted molar refractivity (Wildman–Crippen MR) is 85.4 cm³/mol. The average Bonchev–Trinajstić information content (AvgIpc) is 2.45. The van der Waals surface area contributed by atoms with Gasteiger partial charge in [0.15, 0.2) is 0 Å². The lowest BCUT2D eigenvalue weighted by molar-refractivity contribution is 0.247. The van der Waals surface area contributed by atoms with Crippen LogP contribution in [0.15, 0.2) is 18.2 Å². The van der Waals surface area contributed by atoms with Crippen molar-refractivity contribution in [3.63, 3.8) is 0 Å². The van der Waals surface area contributed by atoms with E-state index in [9.17, 15) is 4.79 Å². The zero-order valence-electron chi connectivity index (χ0n) is 13.1. The first kappa shape index (κ1) is 16.5. The maximum Gasteiger partial charge on any atom is 0.319 e. The monoisotopic (exact) mass is 277 g/mol. The van der Waals surface area contributed by atoms with Crippen LogP contribution in [0.3, 0.4) is 0 Å². The number of likely N-dealkylation sites (N-methyl/N-ethyl adjacent to an activating group) is 1. The number of nitrogens with zero attached hydrogens (tertiary/aromatic N) is 1. The molecule has 20 heavy (non-hydrogen) atoms. The maximum atomic E-state index is 12.0. The van der Waals surface area contributed by atoms with Gasteiger partial charge in [0.25, 0.3) is 0 Å². The first-order valence-electron chi connectivity index (χ1n) is 7.48. The van der Waals surface area contributed by atoms with Gasteiger partial charge >= 0.3 is 6.03 Å². The average molecular weight is 277 g/mol. The lowest BCUT2D eigenvalue weighted by Gasteiger charge is -2.18. The molecule has 0 bridgehead atoms. The van der Waals surface area contributed by atoms with E-state index in [1.165, 1.54) is 5.56 Å². The third-order valence-corrected chi connectivity index (χ3v) is 3.59. The third kappa shape index (κ3) is 4.85. The molecule has 4 heteroatoms. The second-order valence-electron chi connectivity index (χ2n) is 4.87. The molecule has 112 valence electrons. The molecule has 0 aliphatic heterocycles. The van der Waals surface area contributed by atoms with Crippen LogP contribution in [0.4, 0.5) is 10.5 Å². The summed E-state index contributed by atoms with van der Waals surface area (Å²) in [6, 6.07) is 5.97. The van der Waals surface area contributed by atoms with Crippen LogP contribution in [-0.4, -0.2) is 37.1 Å². The fourth-order valence-electron chi connectivity index (χ4n) is 2.23. The smallest absolute Gasteiger partial charge is 0.319 e. The van der Waals surface area contributed by atoms with Crippen molar-refractivity contribution in [1.29, 1.82) is 0 Å². The van der Waals surface area contributed by atoms with Crippen LogP contribution in [0.5, 0.6) is 0 Å². The Balaban J connectivity index is 2.51. The van der Waals surface area contributed by atoms with Gasteiger partial charge in [0.05, 0.1) is 0 Å². The number of carbonyl (C=O) groups excluding carboxylic acids is 1. The summed E-state index contributed by atoms with van der Waals surface area (Å²) < 4.78 is 0. The van der Waals surface area contributed by atoms with Gasteiger partial charge in [-0.1, -0.05) is 39.0 Å². The number of benzene rings is 1. The molecular formula is C16H27N3O. The molecule has 0 aliphatic carbocycles. The summed E-state index contributed by atoms with van der Waals surface area (Å²) in [6.45, 7) is 11.9. The summed E-state index contributed by atoms with van der Waals surface area (Å²) in [5.41, 5.74) is 3.21. The van der Waals surface area contributed by atoms with Crippen molar-refractivity contribution in [3.8, 4) is 0 Å². The molecule has 0 saturated carbocycles. The number of hydrogen-bond acceptors (Lipinski definition) is 2. The van der Waals surface area contributed by atoms with Crippen molar-refractivity contribution in [2.75, 3.05) is 31.5 Å². The highest BCUT2D eigenvalue weighted by atomic mass is 16.2. The summed E-state index contributed by atoms with van der Waals surface area (Å²) in [5.74, 6) is 0. The van der Waals surface area contributed by atoms with Crippen LogP contribution in [0.2, 0.25) is 0 Å². The first-order chi connectivity index (χ1) is 9.62. The van der Waals surface area contributed by atoms with E-state index >= 15 is 0 Å². The van der Waals surface area contributed by atoms with Crippen LogP contribution < -0.4 is 10.6 Å². The van der Waals surface area contributed by atoms with E-state index in [1.807, 2.05) is 19.1 Å². The van der Waals surface area contributed by atoms with Gasteiger partial charge in [-0.3, -0.25) is 0 Å². The SMILES string of the molecule is CCc1cccc(C)c1NC(=O)NCCN(CC)CC. The number of nitrogens with one attached hydrogen (secondary N) is 2. The van der Waals surface area contributed by atoms with Gasteiger partial charge in [-0.05, 0) is 37.6 Å². The summed E-state index contributed by atoms with van der Waals surface area (Å²) in [4.78, 5) is 14.2. The van der Waals surface area contributed by atoms with Crippen LogP contribution in [0.1, 0.15) is 31.9 Å². The van der Waals surface area contributed by atoms with Crippen molar-refractivity contribution in [2.45, 2.75) is 34.1 Å². The highest BCUT2D eigenvalue weighted by Gasteiger charge is 2.08. The molecule has 1 aromatic carbocycles. The molecule has 0 spiro atoms. The number of amides is 2. The van der Waals surface area contributed by atoms with Gasteiger partial charge in [0.1, 0.15) is 0 Å². The van der Waals surface area contributed by atoms with Crippen LogP contribution in [0, 0.1) is 6.92 Å². The molecule has 2 N–H and O–H groups in total. The molecule has 0 aromatic heterocycles. The Morgan fingerprint density at radius 2 is 1.90 bits per heavy atom. The Hall–Kier alpha value is -1.55. The molecule has 2 amide bonds. The van der Waals surface area contributed by atoms with E-state index in [2.05, 4.69) is 42.4 Å². The minimum absolute atomic E-state index is 0.124. The fraction of sp³-hybridized carbons (Fsp3) is 0.562. The summed E-state index contributed by atoms with van der Waals surface area (Å²) in [7, 11) is 0. The molecule has 0 atom stereocenters. The number of hydrogen-bond donors (Lipinski definition) is 2. The quantitative estimate of drug-likeness (QED) is 0.804. The number of rotatable bonds is 7. The molecule has 0 heterocycles.